The van der Waals surface area contributed by atoms with Crippen LogP contribution in [-0.4, -0.2) is 23.8 Å². The van der Waals surface area contributed by atoms with Crippen LogP contribution in [-0.2, 0) is 4.74 Å². The highest BCUT2D eigenvalue weighted by molar-refractivity contribution is 5.73. The van der Waals surface area contributed by atoms with Crippen molar-refractivity contribution >= 4 is 11.8 Å². The molecule has 0 bridgehead atoms. The van der Waals surface area contributed by atoms with E-state index in [-0.39, 0.29) is 30.0 Å². The Bertz CT molecular complexity index is 803. The number of amides is 1. The van der Waals surface area contributed by atoms with E-state index in [4.69, 9.17) is 4.74 Å². The number of hydrogen-bond donors (Lipinski definition) is 1. The molecular formula is C22H25FN2O2. The molecule has 0 saturated carbocycles. The Morgan fingerprint density at radius 1 is 1.15 bits per heavy atom. The minimum Gasteiger partial charge on any atom is -0.450 e. The van der Waals surface area contributed by atoms with Gasteiger partial charge < -0.3 is 10.1 Å². The summed E-state index contributed by atoms with van der Waals surface area (Å²) in [4.78, 5) is 14.5. The molecule has 2 aromatic carbocycles. The van der Waals surface area contributed by atoms with E-state index in [1.54, 1.807) is 24.0 Å². The standard InChI is InChI=1S/C22H25FN2O2/c1-4-27-22(26)25-20(17-10-12-18(23)13-11-17)14-19(24-21(25)15(2)3)16-8-6-5-7-9-16/h5-15,20-21,24H,4H2,1-3H3. The van der Waals surface area contributed by atoms with Crippen LogP contribution in [0.4, 0.5) is 9.18 Å². The Morgan fingerprint density at radius 3 is 2.41 bits per heavy atom. The van der Waals surface area contributed by atoms with Gasteiger partial charge in [-0.05, 0) is 42.2 Å². The van der Waals surface area contributed by atoms with Gasteiger partial charge in [-0.15, -0.1) is 0 Å². The first-order chi connectivity index (χ1) is 13.0. The van der Waals surface area contributed by atoms with Crippen LogP contribution >= 0.6 is 0 Å². The van der Waals surface area contributed by atoms with Crippen molar-refractivity contribution in [3.8, 4) is 0 Å². The molecule has 2 aromatic rings. The second-order valence-electron chi connectivity index (χ2n) is 6.88. The molecule has 0 radical (unpaired) electrons. The molecule has 4 nitrogen and oxygen atoms in total. The summed E-state index contributed by atoms with van der Waals surface area (Å²) < 4.78 is 18.8. The van der Waals surface area contributed by atoms with Crippen LogP contribution in [0.3, 0.4) is 0 Å². The molecule has 1 amide bonds. The van der Waals surface area contributed by atoms with E-state index in [9.17, 15) is 9.18 Å². The quantitative estimate of drug-likeness (QED) is 0.830. The molecule has 1 aliphatic rings. The van der Waals surface area contributed by atoms with Crippen molar-refractivity contribution < 1.29 is 13.9 Å². The number of hydrogen-bond acceptors (Lipinski definition) is 3. The maximum atomic E-state index is 13.4. The second kappa shape index (κ2) is 8.25. The van der Waals surface area contributed by atoms with E-state index in [0.29, 0.717) is 6.61 Å². The van der Waals surface area contributed by atoms with Crippen molar-refractivity contribution in [3.63, 3.8) is 0 Å². The number of carbonyl (C=O) groups excluding carboxylic acids is 1. The fourth-order valence-corrected chi connectivity index (χ4v) is 3.32. The predicted molar refractivity (Wildman–Crippen MR) is 104 cm³/mol. The van der Waals surface area contributed by atoms with Crippen LogP contribution in [0, 0.1) is 11.7 Å². The molecule has 2 atom stereocenters. The van der Waals surface area contributed by atoms with Gasteiger partial charge in [-0.2, -0.15) is 0 Å². The summed E-state index contributed by atoms with van der Waals surface area (Å²) in [7, 11) is 0. The van der Waals surface area contributed by atoms with E-state index in [1.807, 2.05) is 36.4 Å². The molecule has 0 aromatic heterocycles. The first kappa shape index (κ1) is 19.0. The third-order valence-corrected chi connectivity index (χ3v) is 4.63. The van der Waals surface area contributed by atoms with Gasteiger partial charge in [0.15, 0.2) is 0 Å². The van der Waals surface area contributed by atoms with E-state index in [0.717, 1.165) is 16.8 Å². The third kappa shape index (κ3) is 4.13. The van der Waals surface area contributed by atoms with Crippen molar-refractivity contribution in [2.75, 3.05) is 6.61 Å². The van der Waals surface area contributed by atoms with Gasteiger partial charge in [-0.1, -0.05) is 56.3 Å². The lowest BCUT2D eigenvalue weighted by Crippen LogP contribution is -2.55. The molecule has 2 unspecified atom stereocenters. The molecule has 27 heavy (non-hydrogen) atoms. The van der Waals surface area contributed by atoms with Gasteiger partial charge in [-0.3, -0.25) is 4.90 Å². The Kier molecular flexibility index (Phi) is 5.79. The summed E-state index contributed by atoms with van der Waals surface area (Å²) >= 11 is 0. The number of rotatable bonds is 4. The van der Waals surface area contributed by atoms with Gasteiger partial charge in [0.25, 0.3) is 0 Å². The zero-order valence-electron chi connectivity index (χ0n) is 15.9. The largest absolute Gasteiger partial charge is 0.450 e. The molecule has 0 fully saturated rings. The first-order valence-electron chi connectivity index (χ1n) is 9.25. The van der Waals surface area contributed by atoms with Gasteiger partial charge in [0, 0.05) is 5.70 Å². The Labute approximate surface area is 159 Å². The highest BCUT2D eigenvalue weighted by Gasteiger charge is 2.37. The lowest BCUT2D eigenvalue weighted by atomic mass is 9.95. The number of nitrogens with zero attached hydrogens (tertiary/aromatic N) is 1. The highest BCUT2D eigenvalue weighted by atomic mass is 19.1. The molecule has 1 N–H and O–H groups in total. The lowest BCUT2D eigenvalue weighted by molar-refractivity contribution is 0.0566. The summed E-state index contributed by atoms with van der Waals surface area (Å²) in [5.41, 5.74) is 2.83. The van der Waals surface area contributed by atoms with Gasteiger partial charge in [0.05, 0.1) is 12.6 Å². The predicted octanol–water partition coefficient (Wildman–Crippen LogP) is 4.95. The second-order valence-corrected chi connectivity index (χ2v) is 6.88. The smallest absolute Gasteiger partial charge is 0.412 e. The van der Waals surface area contributed by atoms with Crippen molar-refractivity contribution in [3.05, 3.63) is 77.6 Å². The molecule has 3 rings (SSSR count). The van der Waals surface area contributed by atoms with E-state index in [2.05, 4.69) is 19.2 Å². The van der Waals surface area contributed by atoms with E-state index < -0.39 is 0 Å². The van der Waals surface area contributed by atoms with Crippen molar-refractivity contribution in [1.82, 2.24) is 10.2 Å². The molecule has 1 aliphatic heterocycles. The molecular weight excluding hydrogens is 343 g/mol. The normalized spacial score (nSPS) is 19.4. The lowest BCUT2D eigenvalue weighted by Gasteiger charge is -2.43. The minimum absolute atomic E-state index is 0.143. The molecule has 142 valence electrons. The van der Waals surface area contributed by atoms with Crippen LogP contribution < -0.4 is 5.32 Å². The van der Waals surface area contributed by atoms with Crippen molar-refractivity contribution in [2.45, 2.75) is 33.0 Å². The van der Waals surface area contributed by atoms with Crippen LogP contribution in [0.1, 0.15) is 37.9 Å². The van der Waals surface area contributed by atoms with E-state index in [1.165, 1.54) is 12.1 Å². The molecule has 0 saturated heterocycles. The number of halogens is 1. The highest BCUT2D eigenvalue weighted by Crippen LogP contribution is 2.34. The molecule has 1 heterocycles. The number of ether oxygens (including phenoxy) is 1. The Hall–Kier alpha value is -2.82. The van der Waals surface area contributed by atoms with Crippen molar-refractivity contribution in [1.29, 1.82) is 0 Å². The summed E-state index contributed by atoms with van der Waals surface area (Å²) in [5, 5.41) is 3.48. The average Bonchev–Trinajstić information content (AvgIpc) is 2.68. The van der Waals surface area contributed by atoms with Crippen LogP contribution in [0.15, 0.2) is 60.7 Å². The topological polar surface area (TPSA) is 41.6 Å². The first-order valence-corrected chi connectivity index (χ1v) is 9.25. The fourth-order valence-electron chi connectivity index (χ4n) is 3.32. The van der Waals surface area contributed by atoms with Crippen LogP contribution in [0.2, 0.25) is 0 Å². The summed E-state index contributed by atoms with van der Waals surface area (Å²) in [6.45, 7) is 6.20. The van der Waals surface area contributed by atoms with Crippen molar-refractivity contribution in [2.24, 2.45) is 5.92 Å². The number of benzene rings is 2. The molecule has 5 heteroatoms. The maximum Gasteiger partial charge on any atom is 0.412 e. The third-order valence-electron chi connectivity index (χ3n) is 4.63. The molecule has 0 spiro atoms. The van der Waals surface area contributed by atoms with Gasteiger partial charge in [-0.25, -0.2) is 9.18 Å². The maximum absolute atomic E-state index is 13.4. The fraction of sp³-hybridized carbons (Fsp3) is 0.318. The zero-order valence-corrected chi connectivity index (χ0v) is 15.9. The molecule has 0 aliphatic carbocycles. The zero-order chi connectivity index (χ0) is 19.4. The van der Waals surface area contributed by atoms with E-state index >= 15 is 0 Å². The van der Waals surface area contributed by atoms with Gasteiger partial charge >= 0.3 is 6.09 Å². The number of nitrogens with one attached hydrogen (secondary N) is 1. The summed E-state index contributed by atoms with van der Waals surface area (Å²) in [6.07, 6.45) is 1.36. The monoisotopic (exact) mass is 368 g/mol. The van der Waals surface area contributed by atoms with Gasteiger partial charge in [0.1, 0.15) is 12.0 Å². The minimum atomic E-state index is -0.388. The summed E-state index contributed by atoms with van der Waals surface area (Å²) in [5.74, 6) is -0.159. The Balaban J connectivity index is 2.10. The summed E-state index contributed by atoms with van der Waals surface area (Å²) in [6, 6.07) is 15.9. The van der Waals surface area contributed by atoms with Crippen LogP contribution in [0.5, 0.6) is 0 Å². The SMILES string of the molecule is CCOC(=O)N1C(c2ccc(F)cc2)C=C(c2ccccc2)NC1C(C)C. The number of carbonyl (C=O) groups is 1. The van der Waals surface area contributed by atoms with Gasteiger partial charge in [0.2, 0.25) is 0 Å². The van der Waals surface area contributed by atoms with Crippen LogP contribution in [0.25, 0.3) is 5.70 Å². The Morgan fingerprint density at radius 2 is 1.81 bits per heavy atom. The average molecular weight is 368 g/mol.